The Morgan fingerprint density at radius 3 is 1.84 bits per heavy atom. The van der Waals surface area contributed by atoms with Crippen LogP contribution in [0.1, 0.15) is 94.2 Å². The van der Waals surface area contributed by atoms with Crippen LogP contribution >= 0.6 is 0 Å². The van der Waals surface area contributed by atoms with E-state index in [9.17, 15) is 0 Å². The average molecular weight is 656 g/mol. The normalized spacial score (nSPS) is 13.2. The zero-order chi connectivity index (χ0) is 29.5. The molecule has 0 amide bonds. The van der Waals surface area contributed by atoms with E-state index in [0.29, 0.717) is 0 Å². The van der Waals surface area contributed by atoms with Crippen LogP contribution in [0.5, 0.6) is 0 Å². The molecule has 0 atom stereocenters. The second-order valence-corrected chi connectivity index (χ2v) is 17.1. The Bertz CT molecular complexity index is 1720. The Morgan fingerprint density at radius 2 is 1.27 bits per heavy atom. The third kappa shape index (κ3) is 6.04. The van der Waals surface area contributed by atoms with Crippen LogP contribution in [0.15, 0.2) is 113 Å². The van der Waals surface area contributed by atoms with Crippen molar-refractivity contribution in [3.05, 3.63) is 146 Å². The number of halogens is 2. The summed E-state index contributed by atoms with van der Waals surface area (Å²) in [5.74, 6) is 0. The zero-order valence-electron chi connectivity index (χ0n) is 27.0. The van der Waals surface area contributed by atoms with Crippen molar-refractivity contribution in [1.82, 2.24) is 0 Å². The Hall–Kier alpha value is -2.48. The van der Waals surface area contributed by atoms with Gasteiger partial charge in [-0.1, -0.05) is 0 Å². The summed E-state index contributed by atoms with van der Waals surface area (Å²) in [6, 6.07) is 34.5. The predicted molar refractivity (Wildman–Crippen MR) is 179 cm³/mol. The van der Waals surface area contributed by atoms with E-state index < -0.39 is 17.4 Å². The number of rotatable bonds is 8. The number of allylic oxidation sites excluding steroid dienone is 4. The Morgan fingerprint density at radius 1 is 0.682 bits per heavy atom. The second-order valence-electron chi connectivity index (χ2n) is 13.1. The fraction of sp³-hybridized carbons (Fsp3) is 0.293. The molecular formula is C41H44Cl2Ti. The minimum atomic E-state index is -1.96. The Balaban J connectivity index is 0.00000221. The summed E-state index contributed by atoms with van der Waals surface area (Å²) >= 11 is -1.96. The largest absolute Gasteiger partial charge is 1.00 e. The summed E-state index contributed by atoms with van der Waals surface area (Å²) in [5, 5.41) is 0. The van der Waals surface area contributed by atoms with E-state index in [2.05, 4.69) is 151 Å². The number of fused-ring (bicyclic) bond motifs is 3. The van der Waals surface area contributed by atoms with Crippen molar-refractivity contribution in [1.29, 1.82) is 0 Å². The van der Waals surface area contributed by atoms with Gasteiger partial charge in [-0.3, -0.25) is 0 Å². The molecule has 0 saturated carbocycles. The molecule has 0 fully saturated rings. The van der Waals surface area contributed by atoms with Crippen LogP contribution < -0.4 is 28.7 Å². The molecule has 0 aromatic heterocycles. The molecule has 3 heteroatoms. The van der Waals surface area contributed by atoms with Gasteiger partial charge in [-0.15, -0.1) is 0 Å². The van der Waals surface area contributed by atoms with Crippen LogP contribution in [0.3, 0.4) is 0 Å². The van der Waals surface area contributed by atoms with Gasteiger partial charge in [-0.25, -0.2) is 0 Å². The number of hydrogen-bond acceptors (Lipinski definition) is 0. The van der Waals surface area contributed by atoms with E-state index in [1.165, 1.54) is 46.2 Å². The maximum Gasteiger partial charge on any atom is -1.00 e. The van der Waals surface area contributed by atoms with Crippen molar-refractivity contribution in [2.24, 2.45) is 0 Å². The zero-order valence-corrected chi connectivity index (χ0v) is 30.1. The van der Waals surface area contributed by atoms with Gasteiger partial charge in [0, 0.05) is 0 Å². The van der Waals surface area contributed by atoms with Gasteiger partial charge in [-0.2, -0.15) is 0 Å². The molecule has 0 spiro atoms. The summed E-state index contributed by atoms with van der Waals surface area (Å²) in [4.78, 5) is 0. The SMILES string of the molecule is CC[C](CC)=[Ti+2]([C]1=CC=CC1)[c]1c(C(C)(C)c2ccccc2)ccc2c1Cc1cc(C(C)(C)c3ccccc3)ccc1-2.[Cl-].[Cl-]. The minimum absolute atomic E-state index is 0. The van der Waals surface area contributed by atoms with Crippen molar-refractivity contribution < 1.29 is 42.2 Å². The van der Waals surface area contributed by atoms with Crippen molar-refractivity contribution in [2.45, 2.75) is 78.1 Å². The minimum Gasteiger partial charge on any atom is -1.00 e. The van der Waals surface area contributed by atoms with Gasteiger partial charge in [0.2, 0.25) is 0 Å². The summed E-state index contributed by atoms with van der Waals surface area (Å²) in [6.45, 7) is 14.4. The third-order valence-corrected chi connectivity index (χ3v) is 15.5. The number of benzene rings is 4. The van der Waals surface area contributed by atoms with Crippen molar-refractivity contribution in [3.8, 4) is 11.1 Å². The second kappa shape index (κ2) is 13.9. The van der Waals surface area contributed by atoms with Gasteiger partial charge in [0.25, 0.3) is 0 Å². The van der Waals surface area contributed by atoms with Crippen molar-refractivity contribution in [2.75, 3.05) is 0 Å². The molecule has 226 valence electrons. The smallest absolute Gasteiger partial charge is 1.00 e. The first-order valence-corrected chi connectivity index (χ1v) is 18.1. The molecule has 6 rings (SSSR count). The van der Waals surface area contributed by atoms with Gasteiger partial charge >= 0.3 is 261 Å². The molecular weight excluding hydrogens is 611 g/mol. The fourth-order valence-electron chi connectivity index (χ4n) is 7.30. The molecule has 0 unspecified atom stereocenters. The summed E-state index contributed by atoms with van der Waals surface area (Å²) in [5.41, 5.74) is 11.6. The fourth-order valence-corrected chi connectivity index (χ4v) is 12.9. The molecule has 0 aliphatic heterocycles. The first kappa shape index (κ1) is 34.4. The first-order chi connectivity index (χ1) is 20.3. The molecule has 4 aromatic rings. The Labute approximate surface area is 283 Å². The van der Waals surface area contributed by atoms with E-state index in [1.54, 1.807) is 18.9 Å². The molecule has 0 saturated heterocycles. The van der Waals surface area contributed by atoms with Gasteiger partial charge in [0.1, 0.15) is 0 Å². The van der Waals surface area contributed by atoms with Crippen molar-refractivity contribution >= 4 is 7.68 Å². The van der Waals surface area contributed by atoms with Crippen LogP contribution in [0.25, 0.3) is 11.1 Å². The van der Waals surface area contributed by atoms with Crippen LogP contribution in [0.2, 0.25) is 0 Å². The Kier molecular flexibility index (Phi) is 10.9. The molecule has 0 N–H and O–H groups in total. The maximum absolute atomic E-state index is 2.52. The van der Waals surface area contributed by atoms with Gasteiger partial charge in [0.15, 0.2) is 0 Å². The first-order valence-electron chi connectivity index (χ1n) is 15.8. The van der Waals surface area contributed by atoms with Crippen LogP contribution in [0, 0.1) is 0 Å². The van der Waals surface area contributed by atoms with E-state index in [4.69, 9.17) is 0 Å². The van der Waals surface area contributed by atoms with Gasteiger partial charge in [-0.05, 0) is 0 Å². The predicted octanol–water partition coefficient (Wildman–Crippen LogP) is 4.00. The van der Waals surface area contributed by atoms with E-state index in [-0.39, 0.29) is 35.6 Å². The van der Waals surface area contributed by atoms with E-state index in [1.807, 2.05) is 3.81 Å². The quantitative estimate of drug-likeness (QED) is 0.222. The third-order valence-electron chi connectivity index (χ3n) is 10.0. The summed E-state index contributed by atoms with van der Waals surface area (Å²) in [7, 11) is 0. The van der Waals surface area contributed by atoms with Crippen LogP contribution in [-0.4, -0.2) is 3.81 Å². The van der Waals surface area contributed by atoms with Gasteiger partial charge in [0.05, 0.1) is 0 Å². The molecule has 2 aliphatic carbocycles. The topological polar surface area (TPSA) is 0 Å². The molecule has 2 aliphatic rings. The summed E-state index contributed by atoms with van der Waals surface area (Å²) in [6.07, 6.45) is 11.7. The van der Waals surface area contributed by atoms with E-state index in [0.717, 1.165) is 12.8 Å². The van der Waals surface area contributed by atoms with Crippen LogP contribution in [0.4, 0.5) is 0 Å². The van der Waals surface area contributed by atoms with E-state index >= 15 is 0 Å². The maximum atomic E-state index is 2.52. The molecule has 0 heterocycles. The van der Waals surface area contributed by atoms with Crippen molar-refractivity contribution in [3.63, 3.8) is 0 Å². The monoisotopic (exact) mass is 654 g/mol. The van der Waals surface area contributed by atoms with Gasteiger partial charge < -0.3 is 24.8 Å². The molecule has 0 radical (unpaired) electrons. The standard InChI is InChI=1S/C31H29.C5H5.C5H10.2ClH.Ti/c1-30(2,24-11-7-5-8-12-24)26-15-17-28-22(20-26)19-23-21-27(16-18-29(23)28)31(3,4)25-13-9-6-10-14-25;1-2-4-5-3-1;1-3-5-4-2;;;/h5-18,20H,19H2,1-4H3;1-3H,4H2;3-4H2,1-2H3;2*1H;/q;;;;;+2/p-2. The molecule has 0 nitrogen and oxygen atoms in total. The average Bonchev–Trinajstić information content (AvgIpc) is 3.68. The summed E-state index contributed by atoms with van der Waals surface area (Å²) < 4.78 is 5.26. The van der Waals surface area contributed by atoms with Crippen LogP contribution in [-0.2, 0) is 34.7 Å². The molecule has 44 heavy (non-hydrogen) atoms. The number of hydrogen-bond donors (Lipinski definition) is 0. The molecule has 4 aromatic carbocycles. The molecule has 0 bridgehead atoms.